The Balaban J connectivity index is 1.67. The van der Waals surface area contributed by atoms with Gasteiger partial charge in [-0.2, -0.15) is 0 Å². The van der Waals surface area contributed by atoms with Crippen LogP contribution in [-0.4, -0.2) is 69.3 Å². The van der Waals surface area contributed by atoms with Crippen molar-refractivity contribution in [3.63, 3.8) is 0 Å². The number of sulfonamides is 1. The van der Waals surface area contributed by atoms with Crippen molar-refractivity contribution in [1.82, 2.24) is 14.5 Å². The molecule has 0 spiro atoms. The summed E-state index contributed by atoms with van der Waals surface area (Å²) in [6.45, 7) is 4.15. The third-order valence-corrected chi connectivity index (χ3v) is 7.25. The van der Waals surface area contributed by atoms with E-state index in [1.807, 2.05) is 9.80 Å². The maximum atomic E-state index is 12.9. The highest BCUT2D eigenvalue weighted by Crippen LogP contribution is 2.22. The van der Waals surface area contributed by atoms with Crippen molar-refractivity contribution in [2.75, 3.05) is 38.5 Å². The lowest BCUT2D eigenvalue weighted by Crippen LogP contribution is -2.52. The van der Waals surface area contributed by atoms with E-state index in [2.05, 4.69) is 10.0 Å². The molecule has 160 valence electrons. The van der Waals surface area contributed by atoms with Gasteiger partial charge in [-0.3, -0.25) is 14.5 Å². The van der Waals surface area contributed by atoms with Gasteiger partial charge in [0.15, 0.2) is 0 Å². The van der Waals surface area contributed by atoms with Crippen molar-refractivity contribution in [2.45, 2.75) is 50.0 Å². The number of piperidine rings is 1. The zero-order valence-corrected chi connectivity index (χ0v) is 17.9. The minimum atomic E-state index is -3.61. The Morgan fingerprint density at radius 1 is 1.10 bits per heavy atom. The van der Waals surface area contributed by atoms with Crippen molar-refractivity contribution in [3.05, 3.63) is 23.8 Å². The summed E-state index contributed by atoms with van der Waals surface area (Å²) in [6, 6.07) is 4.57. The van der Waals surface area contributed by atoms with Gasteiger partial charge in [-0.1, -0.05) is 12.5 Å². The molecule has 2 fully saturated rings. The molecule has 0 radical (unpaired) electrons. The number of hydrogen-bond acceptors (Lipinski definition) is 5. The van der Waals surface area contributed by atoms with E-state index >= 15 is 0 Å². The largest absolute Gasteiger partial charge is 0.341 e. The quantitative estimate of drug-likeness (QED) is 0.720. The van der Waals surface area contributed by atoms with E-state index in [0.29, 0.717) is 17.8 Å². The van der Waals surface area contributed by atoms with Crippen LogP contribution in [0.15, 0.2) is 23.1 Å². The summed E-state index contributed by atoms with van der Waals surface area (Å²) in [7, 11) is -2.25. The first-order valence-electron chi connectivity index (χ1n) is 10.2. The number of benzene rings is 1. The molecule has 2 saturated heterocycles. The van der Waals surface area contributed by atoms with Gasteiger partial charge in [0.2, 0.25) is 21.8 Å². The Kier molecular flexibility index (Phi) is 6.92. The van der Waals surface area contributed by atoms with E-state index < -0.39 is 10.0 Å². The molecule has 2 heterocycles. The molecule has 29 heavy (non-hydrogen) atoms. The van der Waals surface area contributed by atoms with E-state index in [4.69, 9.17) is 0 Å². The molecule has 1 unspecified atom stereocenters. The molecular formula is C20H30N4O4S. The standard InChI is InChI=1S/C20H30N4O4S/c1-15-8-9-16(13-18(15)29(27,28)21-2)22-19(25)14-24-12-4-3-7-17(24)20(26)23-10-5-6-11-23/h8-9,13,17,21H,3-7,10-12,14H2,1-2H3,(H,22,25). The Morgan fingerprint density at radius 3 is 2.48 bits per heavy atom. The third-order valence-electron chi connectivity index (χ3n) is 5.69. The molecule has 0 bridgehead atoms. The van der Waals surface area contributed by atoms with Crippen molar-refractivity contribution in [1.29, 1.82) is 0 Å². The van der Waals surface area contributed by atoms with Gasteiger partial charge in [0.25, 0.3) is 0 Å². The number of nitrogens with zero attached hydrogens (tertiary/aromatic N) is 2. The van der Waals surface area contributed by atoms with Crippen molar-refractivity contribution < 1.29 is 18.0 Å². The van der Waals surface area contributed by atoms with E-state index in [1.54, 1.807) is 19.1 Å². The average Bonchev–Trinajstić information content (AvgIpc) is 3.24. The lowest BCUT2D eigenvalue weighted by Gasteiger charge is -2.36. The number of carbonyl (C=O) groups excluding carboxylic acids is 2. The Labute approximate surface area is 172 Å². The predicted octanol–water partition coefficient (Wildman–Crippen LogP) is 1.32. The molecule has 2 amide bonds. The SMILES string of the molecule is CNS(=O)(=O)c1cc(NC(=O)CN2CCCCC2C(=O)N2CCCC2)ccc1C. The Hall–Kier alpha value is -1.97. The molecule has 2 aliphatic heterocycles. The summed E-state index contributed by atoms with van der Waals surface area (Å²) < 4.78 is 26.6. The fourth-order valence-electron chi connectivity index (χ4n) is 4.07. The number of likely N-dealkylation sites (tertiary alicyclic amines) is 2. The maximum absolute atomic E-state index is 12.9. The second kappa shape index (κ2) is 9.23. The highest BCUT2D eigenvalue weighted by molar-refractivity contribution is 7.89. The molecule has 3 rings (SSSR count). The molecular weight excluding hydrogens is 392 g/mol. The number of nitrogens with one attached hydrogen (secondary N) is 2. The van der Waals surface area contributed by atoms with Gasteiger partial charge >= 0.3 is 0 Å². The minimum absolute atomic E-state index is 0.117. The topological polar surface area (TPSA) is 98.8 Å². The second-order valence-corrected chi connectivity index (χ2v) is 9.61. The van der Waals surface area contributed by atoms with E-state index in [9.17, 15) is 18.0 Å². The number of amides is 2. The molecule has 1 aromatic carbocycles. The molecule has 1 aromatic rings. The number of aryl methyl sites for hydroxylation is 1. The van der Waals surface area contributed by atoms with Crippen LogP contribution in [0.1, 0.15) is 37.7 Å². The highest BCUT2D eigenvalue weighted by atomic mass is 32.2. The second-order valence-electron chi connectivity index (χ2n) is 7.75. The normalized spacial score (nSPS) is 20.6. The smallest absolute Gasteiger partial charge is 0.240 e. The Morgan fingerprint density at radius 2 is 1.79 bits per heavy atom. The number of carbonyl (C=O) groups is 2. The van der Waals surface area contributed by atoms with Crippen LogP contribution < -0.4 is 10.0 Å². The number of anilines is 1. The fraction of sp³-hybridized carbons (Fsp3) is 0.600. The lowest BCUT2D eigenvalue weighted by atomic mass is 10.0. The minimum Gasteiger partial charge on any atom is -0.341 e. The summed E-state index contributed by atoms with van der Waals surface area (Å²) in [5.74, 6) is -0.115. The molecule has 2 N–H and O–H groups in total. The molecule has 0 aromatic heterocycles. The summed E-state index contributed by atoms with van der Waals surface area (Å²) in [5.41, 5.74) is 1.03. The first kappa shape index (κ1) is 21.7. The average molecular weight is 423 g/mol. The van der Waals surface area contributed by atoms with Gasteiger partial charge in [-0.25, -0.2) is 13.1 Å². The van der Waals surface area contributed by atoms with Gasteiger partial charge in [0.1, 0.15) is 0 Å². The maximum Gasteiger partial charge on any atom is 0.240 e. The van der Waals surface area contributed by atoms with Gasteiger partial charge in [-0.15, -0.1) is 0 Å². The van der Waals surface area contributed by atoms with Crippen LogP contribution in [0.3, 0.4) is 0 Å². The van der Waals surface area contributed by atoms with Gasteiger partial charge in [0, 0.05) is 18.8 Å². The summed E-state index contributed by atoms with van der Waals surface area (Å²) >= 11 is 0. The lowest BCUT2D eigenvalue weighted by molar-refractivity contribution is -0.137. The first-order valence-corrected chi connectivity index (χ1v) is 11.7. The van der Waals surface area contributed by atoms with Crippen LogP contribution in [0.4, 0.5) is 5.69 Å². The van der Waals surface area contributed by atoms with Crippen LogP contribution in [-0.2, 0) is 19.6 Å². The molecule has 9 heteroatoms. The fourth-order valence-corrected chi connectivity index (χ4v) is 5.06. The van der Waals surface area contributed by atoms with E-state index in [1.165, 1.54) is 13.1 Å². The highest BCUT2D eigenvalue weighted by Gasteiger charge is 2.33. The van der Waals surface area contributed by atoms with E-state index in [-0.39, 0.29) is 29.3 Å². The van der Waals surface area contributed by atoms with Crippen LogP contribution in [0.5, 0.6) is 0 Å². The first-order chi connectivity index (χ1) is 13.8. The summed E-state index contributed by atoms with van der Waals surface area (Å²) in [5, 5.41) is 2.78. The molecule has 8 nitrogen and oxygen atoms in total. The molecule has 0 saturated carbocycles. The van der Waals surface area contributed by atoms with Crippen LogP contribution in [0.2, 0.25) is 0 Å². The zero-order chi connectivity index (χ0) is 21.0. The molecule has 2 aliphatic rings. The van der Waals surface area contributed by atoms with Crippen LogP contribution in [0.25, 0.3) is 0 Å². The van der Waals surface area contributed by atoms with Gasteiger partial charge in [-0.05, 0) is 63.9 Å². The van der Waals surface area contributed by atoms with Gasteiger partial charge in [0.05, 0.1) is 17.5 Å². The zero-order valence-electron chi connectivity index (χ0n) is 17.1. The van der Waals surface area contributed by atoms with Gasteiger partial charge < -0.3 is 10.2 Å². The van der Waals surface area contributed by atoms with Crippen molar-refractivity contribution in [3.8, 4) is 0 Å². The van der Waals surface area contributed by atoms with Crippen molar-refractivity contribution in [2.24, 2.45) is 0 Å². The number of hydrogen-bond donors (Lipinski definition) is 2. The molecule has 1 atom stereocenters. The third kappa shape index (κ3) is 5.15. The monoisotopic (exact) mass is 422 g/mol. The van der Waals surface area contributed by atoms with E-state index in [0.717, 1.165) is 45.2 Å². The van der Waals surface area contributed by atoms with Crippen LogP contribution >= 0.6 is 0 Å². The van der Waals surface area contributed by atoms with Crippen molar-refractivity contribution >= 4 is 27.5 Å². The number of rotatable bonds is 6. The summed E-state index contributed by atoms with van der Waals surface area (Å²) in [4.78, 5) is 29.5. The summed E-state index contributed by atoms with van der Waals surface area (Å²) in [6.07, 6.45) is 4.82. The molecule has 0 aliphatic carbocycles. The predicted molar refractivity (Wildman–Crippen MR) is 111 cm³/mol. The Bertz CT molecular complexity index is 865. The van der Waals surface area contributed by atoms with Crippen LogP contribution in [0, 0.1) is 6.92 Å².